The molecule has 2 aliphatic rings. The van der Waals surface area contributed by atoms with Gasteiger partial charge in [0.05, 0.1) is 0 Å². The predicted molar refractivity (Wildman–Crippen MR) is 105 cm³/mol. The molecule has 2 fully saturated rings. The van der Waals surface area contributed by atoms with E-state index in [-0.39, 0.29) is 5.91 Å². The molecule has 28 heavy (non-hydrogen) atoms. The van der Waals surface area contributed by atoms with E-state index in [4.69, 9.17) is 9.15 Å². The van der Waals surface area contributed by atoms with Crippen molar-refractivity contribution in [1.82, 2.24) is 9.88 Å². The van der Waals surface area contributed by atoms with Crippen molar-refractivity contribution in [3.8, 4) is 0 Å². The van der Waals surface area contributed by atoms with Gasteiger partial charge in [-0.1, -0.05) is 0 Å². The van der Waals surface area contributed by atoms with Crippen molar-refractivity contribution >= 4 is 28.8 Å². The lowest BCUT2D eigenvalue weighted by Crippen LogP contribution is -2.51. The van der Waals surface area contributed by atoms with E-state index in [1.165, 1.54) is 0 Å². The average Bonchev–Trinajstić information content (AvgIpc) is 3.40. The molecule has 7 heteroatoms. The second-order valence-corrected chi connectivity index (χ2v) is 8.68. The second-order valence-electron chi connectivity index (χ2n) is 8.68. The number of oxazole rings is 1. The number of carbonyl (C=O) groups is 2. The molecule has 150 valence electrons. The minimum atomic E-state index is -0.590. The molecule has 1 saturated heterocycles. The van der Waals surface area contributed by atoms with Gasteiger partial charge in [-0.15, -0.1) is 0 Å². The van der Waals surface area contributed by atoms with Crippen molar-refractivity contribution in [2.24, 2.45) is 0 Å². The molecule has 1 N–H and O–H groups in total. The van der Waals surface area contributed by atoms with E-state index in [0.717, 1.165) is 42.7 Å². The van der Waals surface area contributed by atoms with Crippen molar-refractivity contribution < 1.29 is 18.7 Å². The van der Waals surface area contributed by atoms with Crippen LogP contribution in [-0.4, -0.2) is 40.1 Å². The summed E-state index contributed by atoms with van der Waals surface area (Å²) >= 11 is 0. The quantitative estimate of drug-likeness (QED) is 0.845. The lowest BCUT2D eigenvalue weighted by Gasteiger charge is -2.35. The summed E-state index contributed by atoms with van der Waals surface area (Å²) in [7, 11) is 0. The third-order valence-electron chi connectivity index (χ3n) is 5.03. The van der Waals surface area contributed by atoms with Crippen LogP contribution in [0.4, 0.5) is 10.5 Å². The first-order valence-electron chi connectivity index (χ1n) is 10.0. The van der Waals surface area contributed by atoms with Crippen molar-refractivity contribution in [2.45, 2.75) is 70.4 Å². The fourth-order valence-corrected chi connectivity index (χ4v) is 3.50. The number of hydrogen-bond donors (Lipinski definition) is 1. The van der Waals surface area contributed by atoms with Crippen LogP contribution in [0.1, 0.15) is 64.7 Å². The first kappa shape index (κ1) is 18.8. The third-order valence-corrected chi connectivity index (χ3v) is 5.03. The molecule has 1 saturated carbocycles. The maximum atomic E-state index is 12.9. The van der Waals surface area contributed by atoms with E-state index in [2.05, 4.69) is 10.3 Å². The molecule has 1 aliphatic heterocycles. The topological polar surface area (TPSA) is 84.7 Å². The van der Waals surface area contributed by atoms with Crippen molar-refractivity contribution in [3.63, 3.8) is 0 Å². The molecule has 2 heterocycles. The first-order valence-corrected chi connectivity index (χ1v) is 10.0. The highest BCUT2D eigenvalue weighted by Gasteiger charge is 2.35. The zero-order valence-corrected chi connectivity index (χ0v) is 16.7. The first-order chi connectivity index (χ1) is 13.3. The third kappa shape index (κ3) is 4.13. The van der Waals surface area contributed by atoms with Gasteiger partial charge < -0.3 is 14.5 Å². The number of carbonyl (C=O) groups excluding carboxylic acids is 2. The molecule has 0 spiro atoms. The standard InChI is InChI=1S/C21H27N3O4/c1-21(2,3)28-20(26)24-11-5-4-6-16(24)18(25)22-14-9-10-17-15(12-14)23-19(27-17)13-7-8-13/h9-10,12-13,16H,4-8,11H2,1-3H3,(H,22,25). The van der Waals surface area contributed by atoms with Gasteiger partial charge in [0.15, 0.2) is 11.5 Å². The molecular formula is C21H27N3O4. The number of nitrogens with one attached hydrogen (secondary N) is 1. The number of anilines is 1. The number of hydrogen-bond acceptors (Lipinski definition) is 5. The molecule has 2 aromatic rings. The fraction of sp³-hybridized carbons (Fsp3) is 0.571. The maximum Gasteiger partial charge on any atom is 0.410 e. The van der Waals surface area contributed by atoms with Gasteiger partial charge in [0.1, 0.15) is 17.2 Å². The van der Waals surface area contributed by atoms with Crippen LogP contribution in [-0.2, 0) is 9.53 Å². The Balaban J connectivity index is 1.47. The molecule has 1 aliphatic carbocycles. The number of likely N-dealkylation sites (tertiary alicyclic amines) is 1. The lowest BCUT2D eigenvalue weighted by molar-refractivity contribution is -0.122. The Kier molecular flexibility index (Phi) is 4.77. The van der Waals surface area contributed by atoms with Crippen LogP contribution < -0.4 is 5.32 Å². The zero-order chi connectivity index (χ0) is 19.9. The molecule has 0 bridgehead atoms. The minimum Gasteiger partial charge on any atom is -0.444 e. The van der Waals surface area contributed by atoms with Crippen LogP contribution in [0.15, 0.2) is 22.6 Å². The van der Waals surface area contributed by atoms with Gasteiger partial charge in [0.2, 0.25) is 5.91 Å². The van der Waals surface area contributed by atoms with E-state index < -0.39 is 17.7 Å². The van der Waals surface area contributed by atoms with Crippen LogP contribution in [0.3, 0.4) is 0 Å². The molecule has 4 rings (SSSR count). The highest BCUT2D eigenvalue weighted by molar-refractivity contribution is 5.97. The summed E-state index contributed by atoms with van der Waals surface area (Å²) in [6, 6.07) is 4.93. The molecule has 1 atom stereocenters. The summed E-state index contributed by atoms with van der Waals surface area (Å²) in [5.41, 5.74) is 1.54. The van der Waals surface area contributed by atoms with E-state index in [9.17, 15) is 9.59 Å². The molecule has 1 aromatic carbocycles. The van der Waals surface area contributed by atoms with Gasteiger partial charge in [0, 0.05) is 18.2 Å². The molecule has 1 aromatic heterocycles. The Morgan fingerprint density at radius 1 is 1.21 bits per heavy atom. The zero-order valence-electron chi connectivity index (χ0n) is 16.7. The number of nitrogens with zero attached hydrogens (tertiary/aromatic N) is 2. The molecule has 0 radical (unpaired) electrons. The highest BCUT2D eigenvalue weighted by Crippen LogP contribution is 2.40. The Labute approximate surface area is 164 Å². The van der Waals surface area contributed by atoms with Crippen molar-refractivity contribution in [2.75, 3.05) is 11.9 Å². The summed E-state index contributed by atoms with van der Waals surface area (Å²) < 4.78 is 11.3. The van der Waals surface area contributed by atoms with Gasteiger partial charge in [-0.25, -0.2) is 9.78 Å². The van der Waals surface area contributed by atoms with E-state index in [0.29, 0.717) is 24.6 Å². The van der Waals surface area contributed by atoms with E-state index in [1.807, 2.05) is 39.0 Å². The van der Waals surface area contributed by atoms with Gasteiger partial charge in [-0.05, 0) is 71.1 Å². The normalized spacial score (nSPS) is 20.2. The molecule has 2 amide bonds. The molecule has 1 unspecified atom stereocenters. The summed E-state index contributed by atoms with van der Waals surface area (Å²) in [5, 5.41) is 2.94. The van der Waals surface area contributed by atoms with Gasteiger partial charge in [-0.3, -0.25) is 9.69 Å². The lowest BCUT2D eigenvalue weighted by atomic mass is 10.0. The smallest absolute Gasteiger partial charge is 0.410 e. The summed E-state index contributed by atoms with van der Waals surface area (Å²) in [5.74, 6) is 1.02. The molecular weight excluding hydrogens is 358 g/mol. The van der Waals surface area contributed by atoms with E-state index in [1.54, 1.807) is 4.90 Å². The Bertz CT molecular complexity index is 895. The van der Waals surface area contributed by atoms with Gasteiger partial charge in [0.25, 0.3) is 0 Å². The Morgan fingerprint density at radius 2 is 2.00 bits per heavy atom. The number of amides is 2. The maximum absolute atomic E-state index is 12.9. The number of fused-ring (bicyclic) bond motifs is 1. The van der Waals surface area contributed by atoms with Crippen LogP contribution in [0, 0.1) is 0 Å². The Morgan fingerprint density at radius 3 is 2.71 bits per heavy atom. The Hall–Kier alpha value is -2.57. The number of rotatable bonds is 3. The number of benzene rings is 1. The molecule has 7 nitrogen and oxygen atoms in total. The van der Waals surface area contributed by atoms with Crippen molar-refractivity contribution in [1.29, 1.82) is 0 Å². The van der Waals surface area contributed by atoms with Crippen molar-refractivity contribution in [3.05, 3.63) is 24.1 Å². The average molecular weight is 385 g/mol. The minimum absolute atomic E-state index is 0.198. The summed E-state index contributed by atoms with van der Waals surface area (Å²) in [6.07, 6.45) is 4.22. The van der Waals surface area contributed by atoms with Crippen LogP contribution in [0.25, 0.3) is 11.1 Å². The number of aromatic nitrogens is 1. The predicted octanol–water partition coefficient (Wildman–Crippen LogP) is 4.43. The summed E-state index contributed by atoms with van der Waals surface area (Å²) in [6.45, 7) is 6.01. The van der Waals surface area contributed by atoms with Crippen LogP contribution in [0.2, 0.25) is 0 Å². The SMILES string of the molecule is CC(C)(C)OC(=O)N1CCCCC1C(=O)Nc1ccc2oc(C3CC3)nc2c1. The van der Waals surface area contributed by atoms with Crippen LogP contribution in [0.5, 0.6) is 0 Å². The monoisotopic (exact) mass is 385 g/mol. The summed E-state index contributed by atoms with van der Waals surface area (Å²) in [4.78, 5) is 31.5. The fourth-order valence-electron chi connectivity index (χ4n) is 3.50. The van der Waals surface area contributed by atoms with Crippen LogP contribution >= 0.6 is 0 Å². The largest absolute Gasteiger partial charge is 0.444 e. The second kappa shape index (κ2) is 7.11. The highest BCUT2D eigenvalue weighted by atomic mass is 16.6. The van der Waals surface area contributed by atoms with E-state index >= 15 is 0 Å². The number of piperidine rings is 1. The number of ether oxygens (including phenoxy) is 1. The van der Waals surface area contributed by atoms with Gasteiger partial charge >= 0.3 is 6.09 Å². The van der Waals surface area contributed by atoms with Gasteiger partial charge in [-0.2, -0.15) is 0 Å².